The lowest BCUT2D eigenvalue weighted by molar-refractivity contribution is -0.129. The number of hydrogen-bond donors (Lipinski definition) is 1. The predicted octanol–water partition coefficient (Wildman–Crippen LogP) is 5.59. The van der Waals surface area contributed by atoms with Gasteiger partial charge in [-0.3, -0.25) is 0 Å². The molecule has 160 valence electrons. The van der Waals surface area contributed by atoms with E-state index < -0.39 is 5.97 Å². The van der Waals surface area contributed by atoms with Crippen molar-refractivity contribution in [3.63, 3.8) is 0 Å². The van der Waals surface area contributed by atoms with Crippen molar-refractivity contribution in [3.8, 4) is 11.5 Å². The van der Waals surface area contributed by atoms with Crippen LogP contribution in [0.15, 0.2) is 71.9 Å². The lowest BCUT2D eigenvalue weighted by Gasteiger charge is -2.17. The molecular weight excluding hydrogens is 441 g/mol. The molecule has 6 nitrogen and oxygen atoms in total. The first-order valence-electron chi connectivity index (χ1n) is 9.21. The number of hydrogen-bond acceptors (Lipinski definition) is 5. The highest BCUT2D eigenvalue weighted by Gasteiger charge is 2.22. The summed E-state index contributed by atoms with van der Waals surface area (Å²) in [5.74, 6) is -0.741. The van der Waals surface area contributed by atoms with Crippen molar-refractivity contribution in [2.45, 2.75) is 13.2 Å². The van der Waals surface area contributed by atoms with Gasteiger partial charge >= 0.3 is 5.97 Å². The van der Waals surface area contributed by atoms with Crippen LogP contribution >= 0.6 is 23.2 Å². The smallest absolute Gasteiger partial charge is 0.358 e. The van der Waals surface area contributed by atoms with E-state index in [9.17, 15) is 9.90 Å². The third kappa shape index (κ3) is 5.69. The molecule has 0 amide bonds. The van der Waals surface area contributed by atoms with Crippen LogP contribution in [-0.4, -0.2) is 23.9 Å². The largest absolute Gasteiger partial charge is 0.485 e. The fraction of sp³-hybridized carbons (Fsp3) is 0.130. The second kappa shape index (κ2) is 10.7. The Morgan fingerprint density at radius 3 is 2.00 bits per heavy atom. The zero-order chi connectivity index (χ0) is 22.2. The third-order valence-electron chi connectivity index (χ3n) is 4.29. The molecule has 0 bridgehead atoms. The van der Waals surface area contributed by atoms with Crippen LogP contribution in [0.4, 0.5) is 0 Å². The molecule has 3 aromatic rings. The minimum absolute atomic E-state index is 0.0963. The van der Waals surface area contributed by atoms with Gasteiger partial charge in [-0.2, -0.15) is 0 Å². The second-order valence-corrected chi connectivity index (χ2v) is 7.14. The number of rotatable bonds is 9. The number of para-hydroxylation sites is 1. The number of carbonyl (C=O) groups is 1. The topological polar surface area (TPSA) is 77.4 Å². The molecule has 8 heteroatoms. The predicted molar refractivity (Wildman–Crippen MR) is 119 cm³/mol. The number of benzene rings is 3. The summed E-state index contributed by atoms with van der Waals surface area (Å²) in [6.45, 7) is 0.258. The Labute approximate surface area is 189 Å². The highest BCUT2D eigenvalue weighted by atomic mass is 35.5. The van der Waals surface area contributed by atoms with Crippen LogP contribution in [0, 0.1) is 0 Å². The summed E-state index contributed by atoms with van der Waals surface area (Å²) in [4.78, 5) is 16.5. The van der Waals surface area contributed by atoms with Crippen LogP contribution in [0.3, 0.4) is 0 Å². The molecule has 3 rings (SSSR count). The summed E-state index contributed by atoms with van der Waals surface area (Å²) in [6.07, 6.45) is 0. The Morgan fingerprint density at radius 1 is 0.871 bits per heavy atom. The fourth-order valence-corrected chi connectivity index (χ4v) is 3.18. The van der Waals surface area contributed by atoms with Gasteiger partial charge in [-0.05, 0) is 24.3 Å². The molecule has 0 aliphatic heterocycles. The van der Waals surface area contributed by atoms with Gasteiger partial charge < -0.3 is 19.4 Å². The van der Waals surface area contributed by atoms with Crippen LogP contribution in [0.25, 0.3) is 0 Å². The van der Waals surface area contributed by atoms with Gasteiger partial charge in [0.25, 0.3) is 0 Å². The zero-order valence-electron chi connectivity index (χ0n) is 16.5. The SMILES string of the molecule is CO/N=C(\C(=O)O)c1cccc(OCc2ccccc2Cl)c1OCc1ccccc1Cl. The summed E-state index contributed by atoms with van der Waals surface area (Å²) in [6, 6.07) is 19.4. The summed E-state index contributed by atoms with van der Waals surface area (Å²) >= 11 is 12.4. The van der Waals surface area contributed by atoms with Crippen LogP contribution in [0.1, 0.15) is 16.7 Å². The van der Waals surface area contributed by atoms with E-state index in [4.69, 9.17) is 37.5 Å². The molecule has 0 saturated carbocycles. The van der Waals surface area contributed by atoms with Crippen LogP contribution in [0.5, 0.6) is 11.5 Å². The number of halogens is 2. The van der Waals surface area contributed by atoms with Gasteiger partial charge in [-0.15, -0.1) is 0 Å². The molecule has 0 aromatic heterocycles. The van der Waals surface area contributed by atoms with Crippen LogP contribution < -0.4 is 9.47 Å². The first-order valence-corrected chi connectivity index (χ1v) is 9.97. The van der Waals surface area contributed by atoms with Gasteiger partial charge in [-0.25, -0.2) is 4.79 Å². The second-order valence-electron chi connectivity index (χ2n) is 6.32. The Bertz CT molecular complexity index is 1100. The van der Waals surface area contributed by atoms with Crippen molar-refractivity contribution in [2.75, 3.05) is 7.11 Å². The normalized spacial score (nSPS) is 11.1. The molecular formula is C23H19Cl2NO5. The highest BCUT2D eigenvalue weighted by Crippen LogP contribution is 2.34. The van der Waals surface area contributed by atoms with E-state index in [1.807, 2.05) is 36.4 Å². The molecule has 0 atom stereocenters. The van der Waals surface area contributed by atoms with Crippen molar-refractivity contribution < 1.29 is 24.2 Å². The summed E-state index contributed by atoms with van der Waals surface area (Å²) in [5, 5.41) is 14.3. The molecule has 1 N–H and O–H groups in total. The maximum Gasteiger partial charge on any atom is 0.358 e. The van der Waals surface area contributed by atoms with Crippen LogP contribution in [-0.2, 0) is 22.8 Å². The third-order valence-corrected chi connectivity index (χ3v) is 5.03. The molecule has 0 heterocycles. The van der Waals surface area contributed by atoms with Gasteiger partial charge in [-0.1, -0.05) is 70.8 Å². The Kier molecular flexibility index (Phi) is 7.76. The zero-order valence-corrected chi connectivity index (χ0v) is 18.1. The van der Waals surface area contributed by atoms with E-state index >= 15 is 0 Å². The first-order chi connectivity index (χ1) is 15.0. The number of ether oxygens (including phenoxy) is 2. The quantitative estimate of drug-likeness (QED) is 0.333. The summed E-state index contributed by atoms with van der Waals surface area (Å²) in [7, 11) is 1.27. The number of nitrogens with zero attached hydrogens (tertiary/aromatic N) is 1. The van der Waals surface area contributed by atoms with Gasteiger partial charge in [0.15, 0.2) is 17.2 Å². The van der Waals surface area contributed by atoms with Crippen molar-refractivity contribution in [2.24, 2.45) is 5.16 Å². The minimum atomic E-state index is -1.27. The van der Waals surface area contributed by atoms with Crippen molar-refractivity contribution >= 4 is 34.9 Å². The summed E-state index contributed by atoms with van der Waals surface area (Å²) in [5.41, 5.74) is 1.39. The number of carboxylic acids is 1. The molecule has 31 heavy (non-hydrogen) atoms. The van der Waals surface area contributed by atoms with Gasteiger partial charge in [0.1, 0.15) is 20.3 Å². The van der Waals surface area contributed by atoms with E-state index in [0.717, 1.165) is 11.1 Å². The van der Waals surface area contributed by atoms with E-state index in [1.165, 1.54) is 7.11 Å². The Hall–Kier alpha value is -3.22. The fourth-order valence-electron chi connectivity index (χ4n) is 2.80. The maximum atomic E-state index is 11.8. The first kappa shape index (κ1) is 22.5. The lowest BCUT2D eigenvalue weighted by atomic mass is 10.1. The summed E-state index contributed by atoms with van der Waals surface area (Å²) < 4.78 is 11.9. The molecule has 0 aliphatic rings. The number of carboxylic acid groups (broad SMARTS) is 1. The number of aliphatic carboxylic acids is 1. The molecule has 0 aliphatic carbocycles. The van der Waals surface area contributed by atoms with Gasteiger partial charge in [0.2, 0.25) is 0 Å². The lowest BCUT2D eigenvalue weighted by Crippen LogP contribution is -2.17. The highest BCUT2D eigenvalue weighted by molar-refractivity contribution is 6.43. The van der Waals surface area contributed by atoms with Gasteiger partial charge in [0, 0.05) is 21.2 Å². The van der Waals surface area contributed by atoms with E-state index in [1.54, 1.807) is 30.3 Å². The molecule has 0 unspecified atom stereocenters. The average molecular weight is 460 g/mol. The molecule has 0 spiro atoms. The standard InChI is InChI=1S/C23H19Cl2NO5/c1-29-26-21(23(27)28)17-9-6-12-20(30-13-15-7-2-4-10-18(15)24)22(17)31-14-16-8-3-5-11-19(16)25/h2-12H,13-14H2,1H3,(H,27,28)/b26-21-. The maximum absolute atomic E-state index is 11.8. The number of oxime groups is 1. The Morgan fingerprint density at radius 2 is 1.45 bits per heavy atom. The molecule has 0 fully saturated rings. The van der Waals surface area contributed by atoms with E-state index in [-0.39, 0.29) is 30.2 Å². The Balaban J connectivity index is 1.97. The molecule has 3 aromatic carbocycles. The average Bonchev–Trinajstić information content (AvgIpc) is 2.76. The monoisotopic (exact) mass is 459 g/mol. The molecule has 0 saturated heterocycles. The van der Waals surface area contributed by atoms with Crippen LogP contribution in [0.2, 0.25) is 10.0 Å². The molecule has 0 radical (unpaired) electrons. The van der Waals surface area contributed by atoms with Crippen molar-refractivity contribution in [3.05, 3.63) is 93.5 Å². The minimum Gasteiger partial charge on any atom is -0.485 e. The van der Waals surface area contributed by atoms with E-state index in [0.29, 0.717) is 15.8 Å². The van der Waals surface area contributed by atoms with E-state index in [2.05, 4.69) is 5.16 Å². The van der Waals surface area contributed by atoms with Gasteiger partial charge in [0.05, 0.1) is 5.56 Å². The van der Waals surface area contributed by atoms with Crippen molar-refractivity contribution in [1.29, 1.82) is 0 Å². The van der Waals surface area contributed by atoms with Crippen molar-refractivity contribution in [1.82, 2.24) is 0 Å².